The van der Waals surface area contributed by atoms with E-state index in [1.54, 1.807) is 11.1 Å². The number of anilines is 1. The fraction of sp³-hybridized carbons (Fsp3) is 0.160. The van der Waals surface area contributed by atoms with E-state index >= 15 is 0 Å². The summed E-state index contributed by atoms with van der Waals surface area (Å²) in [5.74, 6) is -0.856. The van der Waals surface area contributed by atoms with Crippen molar-refractivity contribution < 1.29 is 19.3 Å². The minimum atomic E-state index is -0.643. The molecular weight excluding hydrogens is 450 g/mol. The number of hydrogen-bond acceptors (Lipinski definition) is 6. The van der Waals surface area contributed by atoms with Crippen LogP contribution >= 0.6 is 0 Å². The van der Waals surface area contributed by atoms with Gasteiger partial charge in [0.25, 0.3) is 11.6 Å². The Balaban J connectivity index is 1.41. The third-order valence-electron chi connectivity index (χ3n) is 6.29. The number of benzene rings is 2. The third kappa shape index (κ3) is 3.95. The molecule has 176 valence electrons. The minimum absolute atomic E-state index is 0.0731. The summed E-state index contributed by atoms with van der Waals surface area (Å²) in [5.41, 5.74) is 3.81. The maximum absolute atomic E-state index is 12.9. The largest absolute Gasteiger partial charge is 0.366 e. The van der Waals surface area contributed by atoms with Crippen LogP contribution in [0.25, 0.3) is 22.0 Å². The van der Waals surface area contributed by atoms with Gasteiger partial charge in [0.2, 0.25) is 5.78 Å². The predicted molar refractivity (Wildman–Crippen MR) is 130 cm³/mol. The van der Waals surface area contributed by atoms with E-state index in [0.29, 0.717) is 43.7 Å². The molecule has 2 aromatic carbocycles. The van der Waals surface area contributed by atoms with E-state index in [1.165, 1.54) is 24.3 Å². The van der Waals surface area contributed by atoms with Crippen LogP contribution in [0.3, 0.4) is 0 Å². The summed E-state index contributed by atoms with van der Waals surface area (Å²) in [7, 11) is 0. The number of hydrogen-bond donors (Lipinski definition) is 2. The van der Waals surface area contributed by atoms with Crippen molar-refractivity contribution in [3.8, 4) is 11.1 Å². The Morgan fingerprint density at radius 3 is 2.29 bits per heavy atom. The number of carbonyl (C=O) groups excluding carboxylic acids is 3. The molecule has 2 aromatic heterocycles. The molecule has 0 atom stereocenters. The van der Waals surface area contributed by atoms with Crippen LogP contribution in [-0.2, 0) is 4.79 Å². The molecule has 0 radical (unpaired) electrons. The second-order valence-electron chi connectivity index (χ2n) is 8.24. The number of piperazine rings is 1. The number of nitro groups is 1. The Morgan fingerprint density at radius 1 is 0.914 bits per heavy atom. The number of nitrogens with one attached hydrogen (secondary N) is 2. The van der Waals surface area contributed by atoms with Crippen molar-refractivity contribution in [1.82, 2.24) is 14.9 Å². The van der Waals surface area contributed by atoms with Crippen molar-refractivity contribution in [3.05, 3.63) is 82.3 Å². The summed E-state index contributed by atoms with van der Waals surface area (Å²) in [6.07, 6.45) is 3.90. The van der Waals surface area contributed by atoms with Gasteiger partial charge in [-0.1, -0.05) is 18.2 Å². The van der Waals surface area contributed by atoms with Crippen LogP contribution in [0.5, 0.6) is 0 Å². The highest BCUT2D eigenvalue weighted by molar-refractivity contribution is 6.34. The van der Waals surface area contributed by atoms with Crippen molar-refractivity contribution in [2.75, 3.05) is 31.1 Å². The molecule has 1 aliphatic heterocycles. The van der Waals surface area contributed by atoms with Gasteiger partial charge in [0.1, 0.15) is 5.69 Å². The summed E-state index contributed by atoms with van der Waals surface area (Å²) in [5, 5.41) is 11.9. The SMILES string of the molecule is O=CC(=O)c1[nH]cc(-c2c[nH]c3ccccc23)c1N1CCN(C(=O)c2ccc([N+](=O)[O-])cc2)CC1. The molecular formula is C25H21N5O5. The maximum Gasteiger partial charge on any atom is 0.269 e. The monoisotopic (exact) mass is 471 g/mol. The molecule has 4 aromatic rings. The number of aromatic amines is 2. The lowest BCUT2D eigenvalue weighted by molar-refractivity contribution is -0.384. The summed E-state index contributed by atoms with van der Waals surface area (Å²) in [6, 6.07) is 13.4. The number of rotatable bonds is 6. The summed E-state index contributed by atoms with van der Waals surface area (Å²) < 4.78 is 0. The highest BCUT2D eigenvalue weighted by atomic mass is 16.6. The van der Waals surface area contributed by atoms with Gasteiger partial charge in [-0.3, -0.25) is 24.5 Å². The first-order chi connectivity index (χ1) is 17.0. The van der Waals surface area contributed by atoms with Gasteiger partial charge in [-0.25, -0.2) is 0 Å². The van der Waals surface area contributed by atoms with E-state index in [2.05, 4.69) is 9.97 Å². The highest BCUT2D eigenvalue weighted by Crippen LogP contribution is 2.38. The molecule has 0 aliphatic carbocycles. The lowest BCUT2D eigenvalue weighted by Gasteiger charge is -2.36. The molecule has 0 unspecified atom stereocenters. The second kappa shape index (κ2) is 8.90. The number of H-pyrrole nitrogens is 2. The van der Waals surface area contributed by atoms with Crippen LogP contribution in [-0.4, -0.2) is 63.9 Å². The minimum Gasteiger partial charge on any atom is -0.366 e. The van der Waals surface area contributed by atoms with Crippen LogP contribution in [0, 0.1) is 10.1 Å². The van der Waals surface area contributed by atoms with Crippen LogP contribution in [0.2, 0.25) is 0 Å². The molecule has 5 rings (SSSR count). The van der Waals surface area contributed by atoms with Crippen molar-refractivity contribution in [3.63, 3.8) is 0 Å². The summed E-state index contributed by atoms with van der Waals surface area (Å²) >= 11 is 0. The Bertz CT molecular complexity index is 1440. The summed E-state index contributed by atoms with van der Waals surface area (Å²) in [6.45, 7) is 1.68. The molecule has 1 fully saturated rings. The third-order valence-corrected chi connectivity index (χ3v) is 6.29. The highest BCUT2D eigenvalue weighted by Gasteiger charge is 2.29. The molecule has 10 nitrogen and oxygen atoms in total. The molecule has 2 N–H and O–H groups in total. The van der Waals surface area contributed by atoms with E-state index in [-0.39, 0.29) is 17.3 Å². The lowest BCUT2D eigenvalue weighted by Crippen LogP contribution is -2.49. The van der Waals surface area contributed by atoms with E-state index in [9.17, 15) is 24.5 Å². The maximum atomic E-state index is 12.9. The molecule has 1 saturated heterocycles. The zero-order valence-electron chi connectivity index (χ0n) is 18.6. The molecule has 3 heterocycles. The number of nitro benzene ring substituents is 1. The van der Waals surface area contributed by atoms with Gasteiger partial charge >= 0.3 is 0 Å². The zero-order chi connectivity index (χ0) is 24.5. The van der Waals surface area contributed by atoms with Gasteiger partial charge in [-0.05, 0) is 18.2 Å². The molecule has 35 heavy (non-hydrogen) atoms. The van der Waals surface area contributed by atoms with Crippen molar-refractivity contribution in [1.29, 1.82) is 0 Å². The number of aromatic nitrogens is 2. The van der Waals surface area contributed by atoms with Gasteiger partial charge in [0, 0.05) is 78.3 Å². The molecule has 1 aliphatic rings. The van der Waals surface area contributed by atoms with Crippen LogP contribution < -0.4 is 4.90 Å². The zero-order valence-corrected chi connectivity index (χ0v) is 18.6. The molecule has 1 amide bonds. The Morgan fingerprint density at radius 2 is 1.60 bits per heavy atom. The number of aldehydes is 1. The molecule has 0 saturated carbocycles. The number of Topliss-reactive ketones (excluding diaryl/α,β-unsaturated/α-hetero) is 1. The quantitative estimate of drug-likeness (QED) is 0.146. The van der Waals surface area contributed by atoms with E-state index in [0.717, 1.165) is 22.0 Å². The summed E-state index contributed by atoms with van der Waals surface area (Å²) in [4.78, 5) is 56.9. The average Bonchev–Trinajstić information content (AvgIpc) is 3.52. The predicted octanol–water partition coefficient (Wildman–Crippen LogP) is 3.42. The smallest absolute Gasteiger partial charge is 0.269 e. The first-order valence-electron chi connectivity index (χ1n) is 11.0. The number of nitrogens with zero attached hydrogens (tertiary/aromatic N) is 3. The number of amides is 1. The molecule has 10 heteroatoms. The van der Waals surface area contributed by atoms with Crippen LogP contribution in [0.4, 0.5) is 11.4 Å². The van der Waals surface area contributed by atoms with Gasteiger partial charge < -0.3 is 19.8 Å². The lowest BCUT2D eigenvalue weighted by atomic mass is 10.0. The van der Waals surface area contributed by atoms with Gasteiger partial charge in [-0.15, -0.1) is 0 Å². The van der Waals surface area contributed by atoms with Crippen LogP contribution in [0.15, 0.2) is 60.9 Å². The normalized spacial score (nSPS) is 13.7. The molecule has 0 spiro atoms. The first kappa shape index (κ1) is 22.1. The van der Waals surface area contributed by atoms with Crippen molar-refractivity contribution >= 4 is 40.3 Å². The molecule has 0 bridgehead atoms. The van der Waals surface area contributed by atoms with Crippen molar-refractivity contribution in [2.45, 2.75) is 0 Å². The van der Waals surface area contributed by atoms with Gasteiger partial charge in [-0.2, -0.15) is 0 Å². The number of fused-ring (bicyclic) bond motifs is 1. The van der Waals surface area contributed by atoms with Crippen LogP contribution in [0.1, 0.15) is 20.8 Å². The number of ketones is 1. The number of para-hydroxylation sites is 1. The van der Waals surface area contributed by atoms with Crippen molar-refractivity contribution in [2.24, 2.45) is 0 Å². The number of non-ortho nitro benzene ring substituents is 1. The Labute approximate surface area is 199 Å². The number of carbonyl (C=O) groups is 3. The second-order valence-corrected chi connectivity index (χ2v) is 8.24. The van der Waals surface area contributed by atoms with Gasteiger partial charge in [0.05, 0.1) is 10.6 Å². The van der Waals surface area contributed by atoms with E-state index in [4.69, 9.17) is 0 Å². The Kier molecular flexibility index (Phi) is 5.61. The van der Waals surface area contributed by atoms with Gasteiger partial charge in [0.15, 0.2) is 6.29 Å². The Hall–Kier alpha value is -4.73. The van der Waals surface area contributed by atoms with E-state index < -0.39 is 10.7 Å². The topological polar surface area (TPSA) is 132 Å². The fourth-order valence-electron chi connectivity index (χ4n) is 4.53. The first-order valence-corrected chi connectivity index (χ1v) is 11.0. The van der Waals surface area contributed by atoms with E-state index in [1.807, 2.05) is 35.4 Å². The fourth-order valence-corrected chi connectivity index (χ4v) is 4.53. The standard InChI is InChI=1S/C25H21N5O5/c31-15-22(32)23-24(20(14-27-23)19-13-26-21-4-2-1-3-18(19)21)28-9-11-29(12-10-28)25(33)16-5-7-17(8-6-16)30(34)35/h1-8,13-15,26-27H,9-12H2. The average molecular weight is 471 g/mol.